The van der Waals surface area contributed by atoms with Crippen LogP contribution in [0.4, 0.5) is 0 Å². The molecule has 4 N–H and O–H groups in total. The average molecular weight is 201 g/mol. The molecule has 3 nitrogen and oxygen atoms in total. The van der Waals surface area contributed by atoms with E-state index in [1.807, 2.05) is 18.4 Å². The van der Waals surface area contributed by atoms with Gasteiger partial charge in [-0.05, 0) is 36.9 Å². The summed E-state index contributed by atoms with van der Waals surface area (Å²) < 4.78 is 0. The summed E-state index contributed by atoms with van der Waals surface area (Å²) in [6.45, 7) is 2.32. The maximum Gasteiger partial charge on any atom is 0.106 e. The van der Waals surface area contributed by atoms with Crippen molar-refractivity contribution in [2.75, 3.05) is 6.54 Å². The van der Waals surface area contributed by atoms with Gasteiger partial charge in [-0.1, -0.05) is 0 Å². The van der Waals surface area contributed by atoms with Crippen molar-refractivity contribution in [2.24, 2.45) is 5.73 Å². The smallest absolute Gasteiger partial charge is 0.106 e. The highest BCUT2D eigenvalue weighted by Crippen LogP contribution is 2.25. The SMILES string of the molecule is Cc1sccc1C(O)C(O)CCN. The van der Waals surface area contributed by atoms with E-state index in [1.54, 1.807) is 11.3 Å². The van der Waals surface area contributed by atoms with Gasteiger partial charge in [-0.25, -0.2) is 0 Å². The number of aryl methyl sites for hydroxylation is 1. The van der Waals surface area contributed by atoms with Crippen LogP contribution in [0.15, 0.2) is 11.4 Å². The maximum absolute atomic E-state index is 9.69. The molecule has 0 aliphatic carbocycles. The second-order valence-electron chi connectivity index (χ2n) is 3.02. The van der Waals surface area contributed by atoms with Gasteiger partial charge in [0.1, 0.15) is 6.10 Å². The van der Waals surface area contributed by atoms with Gasteiger partial charge in [0, 0.05) is 4.88 Å². The van der Waals surface area contributed by atoms with Crippen molar-refractivity contribution >= 4 is 11.3 Å². The number of hydrogen-bond acceptors (Lipinski definition) is 4. The van der Waals surface area contributed by atoms with E-state index in [4.69, 9.17) is 5.73 Å². The molecular weight excluding hydrogens is 186 g/mol. The Bertz CT molecular complexity index is 262. The van der Waals surface area contributed by atoms with Gasteiger partial charge in [0.15, 0.2) is 0 Å². The fourth-order valence-corrected chi connectivity index (χ4v) is 1.98. The van der Waals surface area contributed by atoms with Crippen LogP contribution < -0.4 is 5.73 Å². The van der Waals surface area contributed by atoms with E-state index in [2.05, 4.69) is 0 Å². The lowest BCUT2D eigenvalue weighted by Crippen LogP contribution is -2.21. The fraction of sp³-hybridized carbons (Fsp3) is 0.556. The first-order chi connectivity index (χ1) is 6.16. The van der Waals surface area contributed by atoms with Crippen LogP contribution in [0.25, 0.3) is 0 Å². The van der Waals surface area contributed by atoms with Crippen molar-refractivity contribution in [1.29, 1.82) is 0 Å². The summed E-state index contributed by atoms with van der Waals surface area (Å²) in [4.78, 5) is 1.04. The predicted octanol–water partition coefficient (Wildman–Crippen LogP) is 0.800. The van der Waals surface area contributed by atoms with E-state index in [0.29, 0.717) is 13.0 Å². The largest absolute Gasteiger partial charge is 0.390 e. The van der Waals surface area contributed by atoms with Crippen molar-refractivity contribution in [3.05, 3.63) is 21.9 Å². The van der Waals surface area contributed by atoms with E-state index in [9.17, 15) is 10.2 Å². The first-order valence-corrected chi connectivity index (χ1v) is 5.15. The topological polar surface area (TPSA) is 66.5 Å². The summed E-state index contributed by atoms with van der Waals surface area (Å²) in [5.74, 6) is 0. The minimum absolute atomic E-state index is 0.390. The Morgan fingerprint density at radius 3 is 2.69 bits per heavy atom. The van der Waals surface area contributed by atoms with Crippen LogP contribution in [-0.2, 0) is 0 Å². The Hall–Kier alpha value is -0.420. The van der Waals surface area contributed by atoms with Crippen LogP contribution in [-0.4, -0.2) is 22.9 Å². The number of hydrogen-bond donors (Lipinski definition) is 3. The molecule has 0 radical (unpaired) electrons. The third-order valence-electron chi connectivity index (χ3n) is 2.04. The molecule has 0 bridgehead atoms. The first kappa shape index (κ1) is 10.7. The average Bonchev–Trinajstić information content (AvgIpc) is 2.50. The van der Waals surface area contributed by atoms with Gasteiger partial charge in [0.05, 0.1) is 6.10 Å². The Balaban J connectivity index is 2.67. The highest BCUT2D eigenvalue weighted by atomic mass is 32.1. The third-order valence-corrected chi connectivity index (χ3v) is 2.91. The number of rotatable bonds is 4. The second kappa shape index (κ2) is 4.72. The van der Waals surface area contributed by atoms with E-state index >= 15 is 0 Å². The van der Waals surface area contributed by atoms with Gasteiger partial charge >= 0.3 is 0 Å². The molecule has 2 atom stereocenters. The number of aliphatic hydroxyl groups is 2. The molecule has 0 aliphatic rings. The molecule has 0 saturated heterocycles. The predicted molar refractivity (Wildman–Crippen MR) is 53.7 cm³/mol. The lowest BCUT2D eigenvalue weighted by molar-refractivity contribution is 0.0149. The molecule has 0 spiro atoms. The summed E-state index contributed by atoms with van der Waals surface area (Å²) in [7, 11) is 0. The van der Waals surface area contributed by atoms with E-state index < -0.39 is 12.2 Å². The lowest BCUT2D eigenvalue weighted by Gasteiger charge is -2.16. The summed E-state index contributed by atoms with van der Waals surface area (Å²) in [5.41, 5.74) is 6.10. The van der Waals surface area contributed by atoms with Crippen molar-refractivity contribution < 1.29 is 10.2 Å². The molecule has 4 heteroatoms. The summed E-state index contributed by atoms with van der Waals surface area (Å²) >= 11 is 1.57. The zero-order chi connectivity index (χ0) is 9.84. The molecule has 1 rings (SSSR count). The number of aliphatic hydroxyl groups excluding tert-OH is 2. The standard InChI is InChI=1S/C9H15NO2S/c1-6-7(3-5-13-6)9(12)8(11)2-4-10/h3,5,8-9,11-12H,2,4,10H2,1H3. The highest BCUT2D eigenvalue weighted by molar-refractivity contribution is 7.10. The van der Waals surface area contributed by atoms with Crippen LogP contribution in [0.2, 0.25) is 0 Å². The quantitative estimate of drug-likeness (QED) is 0.675. The maximum atomic E-state index is 9.69. The molecule has 74 valence electrons. The monoisotopic (exact) mass is 201 g/mol. The molecule has 0 fully saturated rings. The van der Waals surface area contributed by atoms with Gasteiger partial charge < -0.3 is 15.9 Å². The lowest BCUT2D eigenvalue weighted by atomic mass is 10.0. The molecule has 0 aromatic carbocycles. The highest BCUT2D eigenvalue weighted by Gasteiger charge is 2.19. The molecule has 13 heavy (non-hydrogen) atoms. The van der Waals surface area contributed by atoms with Gasteiger partial charge in [-0.15, -0.1) is 11.3 Å². The van der Waals surface area contributed by atoms with Crippen molar-refractivity contribution in [1.82, 2.24) is 0 Å². The van der Waals surface area contributed by atoms with Crippen molar-refractivity contribution in [2.45, 2.75) is 25.6 Å². The van der Waals surface area contributed by atoms with E-state index in [1.165, 1.54) is 0 Å². The number of nitrogens with two attached hydrogens (primary N) is 1. The molecule has 1 heterocycles. The minimum atomic E-state index is -0.796. The van der Waals surface area contributed by atoms with E-state index in [-0.39, 0.29) is 0 Å². The molecule has 2 unspecified atom stereocenters. The second-order valence-corrected chi connectivity index (χ2v) is 4.14. The van der Waals surface area contributed by atoms with Crippen molar-refractivity contribution in [3.8, 4) is 0 Å². The van der Waals surface area contributed by atoms with Crippen LogP contribution in [0.5, 0.6) is 0 Å². The Labute approximate surface area is 81.8 Å². The van der Waals surface area contributed by atoms with Crippen LogP contribution in [0.3, 0.4) is 0 Å². The molecular formula is C9H15NO2S. The summed E-state index contributed by atoms with van der Waals surface area (Å²) in [6.07, 6.45) is -1.12. The Morgan fingerprint density at radius 1 is 1.54 bits per heavy atom. The van der Waals surface area contributed by atoms with Gasteiger partial charge in [-0.2, -0.15) is 0 Å². The molecule has 0 aliphatic heterocycles. The fourth-order valence-electron chi connectivity index (χ4n) is 1.24. The molecule has 0 saturated carbocycles. The third kappa shape index (κ3) is 2.51. The molecule has 1 aromatic heterocycles. The van der Waals surface area contributed by atoms with Crippen LogP contribution in [0.1, 0.15) is 23.0 Å². The minimum Gasteiger partial charge on any atom is -0.390 e. The Morgan fingerprint density at radius 2 is 2.23 bits per heavy atom. The Kier molecular flexibility index (Phi) is 3.87. The van der Waals surface area contributed by atoms with Crippen LogP contribution in [0, 0.1) is 6.92 Å². The van der Waals surface area contributed by atoms with Gasteiger partial charge in [-0.3, -0.25) is 0 Å². The molecule has 1 aromatic rings. The normalized spacial score (nSPS) is 15.7. The summed E-state index contributed by atoms with van der Waals surface area (Å²) in [5, 5.41) is 21.1. The zero-order valence-electron chi connectivity index (χ0n) is 7.60. The first-order valence-electron chi connectivity index (χ1n) is 4.27. The van der Waals surface area contributed by atoms with Gasteiger partial charge in [0.2, 0.25) is 0 Å². The van der Waals surface area contributed by atoms with E-state index in [0.717, 1.165) is 10.4 Å². The molecule has 0 amide bonds. The van der Waals surface area contributed by atoms with Crippen LogP contribution >= 0.6 is 11.3 Å². The van der Waals surface area contributed by atoms with Crippen molar-refractivity contribution in [3.63, 3.8) is 0 Å². The van der Waals surface area contributed by atoms with Gasteiger partial charge in [0.25, 0.3) is 0 Å². The number of thiophene rings is 1. The zero-order valence-corrected chi connectivity index (χ0v) is 8.42. The summed E-state index contributed by atoms with van der Waals surface area (Å²) in [6, 6.07) is 1.84.